The molecule has 1 radical (unpaired) electrons. The zero-order valence-electron chi connectivity index (χ0n) is 9.10. The molecule has 0 heterocycles. The minimum absolute atomic E-state index is 0. The van der Waals surface area contributed by atoms with Gasteiger partial charge < -0.3 is 5.41 Å². The first-order valence-electron chi connectivity index (χ1n) is 4.22. The smallest absolute Gasteiger partial charge is 0.762 e. The molecule has 0 aliphatic rings. The standard InChI is InChI=1S/C12H4N4.Li/c13-5-11(6-14)9-1-2-10(4-3-9)12(7-15)8-16;/h1-4H;/q-1;+1. The number of allylic oxidation sites excluding steroid dienone is 1. The van der Waals surface area contributed by atoms with Gasteiger partial charge in [-0.3, -0.25) is 0 Å². The molecule has 1 aromatic rings. The van der Waals surface area contributed by atoms with E-state index in [1.54, 1.807) is 24.1 Å². The van der Waals surface area contributed by atoms with E-state index in [9.17, 15) is 0 Å². The average Bonchev–Trinajstić information content (AvgIpc) is 2.34. The molecule has 73 valence electrons. The number of hydrogen-bond donors (Lipinski definition) is 0. The molecular weight excluding hydrogens is 207 g/mol. The summed E-state index contributed by atoms with van der Waals surface area (Å²) in [5.74, 6) is 1.77. The quantitative estimate of drug-likeness (QED) is 0.349. The van der Waals surface area contributed by atoms with Crippen molar-refractivity contribution >= 4 is 11.4 Å². The van der Waals surface area contributed by atoms with Gasteiger partial charge >= 0.3 is 18.9 Å². The van der Waals surface area contributed by atoms with Crippen molar-refractivity contribution in [3.05, 3.63) is 46.7 Å². The molecule has 0 atom stereocenters. The van der Waals surface area contributed by atoms with E-state index >= 15 is 0 Å². The molecule has 0 spiro atoms. The van der Waals surface area contributed by atoms with Crippen molar-refractivity contribution in [3.63, 3.8) is 0 Å². The normalized spacial score (nSPS) is 7.88. The largest absolute Gasteiger partial charge is 1.00 e. The molecular formula is C12H4LiN4. The molecule has 1 rings (SSSR count). The van der Waals surface area contributed by atoms with Gasteiger partial charge in [0.25, 0.3) is 0 Å². The van der Waals surface area contributed by atoms with Crippen LogP contribution in [0.25, 0.3) is 11.0 Å². The molecule has 0 aliphatic heterocycles. The first-order chi connectivity index (χ1) is 7.76. The zero-order valence-corrected chi connectivity index (χ0v) is 9.10. The molecule has 0 bridgehead atoms. The van der Waals surface area contributed by atoms with Crippen molar-refractivity contribution < 1.29 is 18.9 Å². The van der Waals surface area contributed by atoms with Gasteiger partial charge in [-0.15, -0.1) is 0 Å². The van der Waals surface area contributed by atoms with Gasteiger partial charge in [0, 0.05) is 0 Å². The Kier molecular flexibility index (Phi) is 6.14. The maximum atomic E-state index is 8.63. The van der Waals surface area contributed by atoms with Crippen molar-refractivity contribution in [2.75, 3.05) is 0 Å². The Morgan fingerprint density at radius 3 is 1.71 bits per heavy atom. The fraction of sp³-hybridized carbons (Fsp3) is 0. The van der Waals surface area contributed by atoms with Crippen LogP contribution in [-0.2, 0) is 0 Å². The fourth-order valence-corrected chi connectivity index (χ4v) is 1.11. The van der Waals surface area contributed by atoms with Crippen molar-refractivity contribution in [1.82, 2.24) is 0 Å². The molecule has 1 aromatic carbocycles. The summed E-state index contributed by atoms with van der Waals surface area (Å²) in [6, 6.07) is 11.4. The van der Waals surface area contributed by atoms with E-state index in [0.29, 0.717) is 11.1 Å². The maximum Gasteiger partial charge on any atom is 1.00 e. The van der Waals surface area contributed by atoms with Crippen LogP contribution in [0.3, 0.4) is 0 Å². The van der Waals surface area contributed by atoms with Gasteiger partial charge in [0.1, 0.15) is 6.07 Å². The molecule has 4 nitrogen and oxygen atoms in total. The Morgan fingerprint density at radius 2 is 1.35 bits per heavy atom. The summed E-state index contributed by atoms with van der Waals surface area (Å²) in [6.07, 6.45) is 0. The average molecular weight is 211 g/mol. The monoisotopic (exact) mass is 211 g/mol. The van der Waals surface area contributed by atoms with Crippen LogP contribution < -0.4 is 18.9 Å². The first-order valence-corrected chi connectivity index (χ1v) is 4.22. The van der Waals surface area contributed by atoms with Gasteiger partial charge in [-0.1, -0.05) is 24.3 Å². The Balaban J connectivity index is 0.00000256. The van der Waals surface area contributed by atoms with Crippen LogP contribution in [0, 0.1) is 39.9 Å². The number of nitriles is 3. The Bertz CT molecular complexity index is 548. The molecule has 0 aromatic heterocycles. The molecule has 0 N–H and O–H groups in total. The molecule has 0 unspecified atom stereocenters. The summed E-state index contributed by atoms with van der Waals surface area (Å²) >= 11 is 0. The summed E-state index contributed by atoms with van der Waals surface area (Å²) in [6.45, 7) is 0. The predicted molar refractivity (Wildman–Crippen MR) is 57.4 cm³/mol. The van der Waals surface area contributed by atoms with E-state index < -0.39 is 0 Å². The van der Waals surface area contributed by atoms with Crippen LogP contribution in [0.4, 0.5) is 0 Å². The van der Waals surface area contributed by atoms with Gasteiger partial charge in [-0.25, -0.2) is 5.87 Å². The van der Waals surface area contributed by atoms with Gasteiger partial charge in [-0.05, 0) is 11.1 Å². The van der Waals surface area contributed by atoms with Crippen LogP contribution in [0.5, 0.6) is 0 Å². The summed E-state index contributed by atoms with van der Waals surface area (Å²) < 4.78 is 0. The molecule has 0 saturated heterocycles. The van der Waals surface area contributed by atoms with Gasteiger partial charge in [0.15, 0.2) is 0 Å². The van der Waals surface area contributed by atoms with E-state index in [4.69, 9.17) is 21.2 Å². The summed E-state index contributed by atoms with van der Waals surface area (Å²) in [5, 5.41) is 34.5. The number of rotatable bonds is 2. The third kappa shape index (κ3) is 3.36. The van der Waals surface area contributed by atoms with Crippen molar-refractivity contribution in [2.24, 2.45) is 0 Å². The van der Waals surface area contributed by atoms with E-state index in [2.05, 4.69) is 0 Å². The Hall–Kier alpha value is -2.26. The first kappa shape index (κ1) is 14.7. The van der Waals surface area contributed by atoms with E-state index in [1.807, 2.05) is 0 Å². The third-order valence-electron chi connectivity index (χ3n) is 1.91. The predicted octanol–water partition coefficient (Wildman–Crippen LogP) is -1.19. The van der Waals surface area contributed by atoms with Gasteiger partial charge in [0.05, 0.1) is 17.7 Å². The molecule has 0 fully saturated rings. The molecule has 0 aliphatic carbocycles. The number of hydrogen-bond acceptors (Lipinski definition) is 3. The minimum atomic E-state index is 0. The summed E-state index contributed by atoms with van der Waals surface area (Å²) in [5.41, 5.74) is 0.954. The Morgan fingerprint density at radius 1 is 0.882 bits per heavy atom. The van der Waals surface area contributed by atoms with Crippen LogP contribution in [0.2, 0.25) is 0 Å². The van der Waals surface area contributed by atoms with Crippen LogP contribution in [0.15, 0.2) is 24.3 Å². The number of nitrogens with zero attached hydrogens (tertiary/aromatic N) is 4. The van der Waals surface area contributed by atoms with E-state index in [-0.39, 0.29) is 30.4 Å². The van der Waals surface area contributed by atoms with E-state index in [0.717, 1.165) is 0 Å². The van der Waals surface area contributed by atoms with Gasteiger partial charge in [0.2, 0.25) is 5.92 Å². The fourth-order valence-electron chi connectivity index (χ4n) is 1.11. The third-order valence-corrected chi connectivity index (χ3v) is 1.91. The number of benzene rings is 1. The van der Waals surface area contributed by atoms with Crippen molar-refractivity contribution in [3.8, 4) is 18.2 Å². The second-order valence-corrected chi connectivity index (χ2v) is 2.77. The topological polar surface area (TPSA) is 93.7 Å². The van der Waals surface area contributed by atoms with Crippen molar-refractivity contribution in [2.45, 2.75) is 0 Å². The van der Waals surface area contributed by atoms with Crippen molar-refractivity contribution in [1.29, 1.82) is 15.8 Å². The zero-order chi connectivity index (χ0) is 12.0. The molecule has 5 heteroatoms. The summed E-state index contributed by atoms with van der Waals surface area (Å²) in [4.78, 5) is 0. The molecule has 17 heavy (non-hydrogen) atoms. The SMILES string of the molecule is N#C[C](C#N)c1ccc(C(=C=[N-])C#N)cc1.[Li+]. The van der Waals surface area contributed by atoms with E-state index in [1.165, 1.54) is 24.3 Å². The minimum Gasteiger partial charge on any atom is -0.762 e. The van der Waals surface area contributed by atoms with Crippen LogP contribution in [0.1, 0.15) is 11.1 Å². The second-order valence-electron chi connectivity index (χ2n) is 2.77. The van der Waals surface area contributed by atoms with Gasteiger partial charge in [-0.2, -0.15) is 15.8 Å². The summed E-state index contributed by atoms with van der Waals surface area (Å²) in [7, 11) is 0. The molecule has 0 saturated carbocycles. The molecule has 0 amide bonds. The maximum absolute atomic E-state index is 8.63. The Labute approximate surface area is 111 Å². The van der Waals surface area contributed by atoms with Crippen LogP contribution in [-0.4, -0.2) is 5.87 Å². The second kappa shape index (κ2) is 7.08. The van der Waals surface area contributed by atoms with Crippen LogP contribution >= 0.6 is 0 Å².